The molecule has 1 amide bonds. The highest BCUT2D eigenvalue weighted by Gasteiger charge is 2.22. The number of ether oxygens (including phenoxy) is 1. The number of aromatic amines is 1. The molecule has 0 spiro atoms. The predicted molar refractivity (Wildman–Crippen MR) is 83.2 cm³/mol. The summed E-state index contributed by atoms with van der Waals surface area (Å²) in [6, 6.07) is 0. The molecule has 1 heterocycles. The monoisotopic (exact) mass is 296 g/mol. The molecule has 1 rings (SSSR count). The first-order valence-electron chi connectivity index (χ1n) is 7.22. The van der Waals surface area contributed by atoms with Crippen LogP contribution in [0.3, 0.4) is 0 Å². The van der Waals surface area contributed by atoms with Crippen LogP contribution in [0, 0.1) is 13.8 Å². The molecule has 0 atom stereocenters. The quantitative estimate of drug-likeness (QED) is 0.779. The van der Waals surface area contributed by atoms with Gasteiger partial charge in [0, 0.05) is 29.9 Å². The maximum absolute atomic E-state index is 11.7. The van der Waals surface area contributed by atoms with Gasteiger partial charge >= 0.3 is 6.09 Å². The molecule has 0 bridgehead atoms. The van der Waals surface area contributed by atoms with Crippen molar-refractivity contribution < 1.29 is 9.53 Å². The van der Waals surface area contributed by atoms with Gasteiger partial charge < -0.3 is 15.4 Å². The zero-order valence-electron chi connectivity index (χ0n) is 14.2. The number of aryl methyl sites for hydroxylation is 2. The van der Waals surface area contributed by atoms with E-state index in [4.69, 9.17) is 4.74 Å². The van der Waals surface area contributed by atoms with Gasteiger partial charge in [-0.2, -0.15) is 5.10 Å². The largest absolute Gasteiger partial charge is 0.444 e. The number of rotatable bonds is 5. The minimum absolute atomic E-state index is 0.243. The van der Waals surface area contributed by atoms with E-state index in [1.807, 2.05) is 48.5 Å². The number of nitrogens with zero attached hydrogens (tertiary/aromatic N) is 1. The molecule has 6 heteroatoms. The summed E-state index contributed by atoms with van der Waals surface area (Å²) in [7, 11) is 0. The summed E-state index contributed by atoms with van der Waals surface area (Å²) >= 11 is 0. The summed E-state index contributed by atoms with van der Waals surface area (Å²) in [5, 5.41) is 13.4. The highest BCUT2D eigenvalue weighted by Crippen LogP contribution is 2.11. The fourth-order valence-corrected chi connectivity index (χ4v) is 1.83. The van der Waals surface area contributed by atoms with Gasteiger partial charge in [-0.3, -0.25) is 5.10 Å². The van der Waals surface area contributed by atoms with E-state index in [1.165, 1.54) is 5.56 Å². The van der Waals surface area contributed by atoms with Crippen LogP contribution in [0.1, 0.15) is 51.6 Å². The summed E-state index contributed by atoms with van der Waals surface area (Å²) in [6.07, 6.45) is -0.395. The third-order valence-electron chi connectivity index (χ3n) is 3.10. The molecule has 6 nitrogen and oxygen atoms in total. The number of carbonyl (C=O) groups is 1. The average Bonchev–Trinajstić information content (AvgIpc) is 2.62. The number of hydrogen-bond donors (Lipinski definition) is 3. The van der Waals surface area contributed by atoms with E-state index in [0.29, 0.717) is 13.1 Å². The van der Waals surface area contributed by atoms with E-state index < -0.39 is 11.7 Å². The summed E-state index contributed by atoms with van der Waals surface area (Å²) in [5.41, 5.74) is 2.51. The zero-order chi connectivity index (χ0) is 16.3. The smallest absolute Gasteiger partial charge is 0.407 e. The van der Waals surface area contributed by atoms with E-state index in [9.17, 15) is 4.79 Å². The van der Waals surface area contributed by atoms with Gasteiger partial charge in [0.15, 0.2) is 0 Å². The van der Waals surface area contributed by atoms with Gasteiger partial charge in [-0.25, -0.2) is 4.79 Å². The van der Waals surface area contributed by atoms with Crippen molar-refractivity contribution in [1.29, 1.82) is 0 Å². The second kappa shape index (κ2) is 6.47. The van der Waals surface area contributed by atoms with Gasteiger partial charge in [0.1, 0.15) is 5.60 Å². The Labute approximate surface area is 127 Å². The Hall–Kier alpha value is -1.56. The second-order valence-corrected chi connectivity index (χ2v) is 7.01. The van der Waals surface area contributed by atoms with Crippen molar-refractivity contribution in [3.63, 3.8) is 0 Å². The number of hydrogen-bond acceptors (Lipinski definition) is 4. The van der Waals surface area contributed by atoms with Crippen LogP contribution in [-0.2, 0) is 11.3 Å². The molecule has 0 radical (unpaired) electrons. The summed E-state index contributed by atoms with van der Waals surface area (Å²) in [6.45, 7) is 14.8. The van der Waals surface area contributed by atoms with Crippen LogP contribution in [0.25, 0.3) is 0 Å². The maximum Gasteiger partial charge on any atom is 0.407 e. The maximum atomic E-state index is 11.7. The molecule has 0 saturated carbocycles. The lowest BCUT2D eigenvalue weighted by molar-refractivity contribution is 0.0513. The molecule has 0 saturated heterocycles. The molecule has 120 valence electrons. The minimum Gasteiger partial charge on any atom is -0.444 e. The average molecular weight is 296 g/mol. The van der Waals surface area contributed by atoms with Gasteiger partial charge in [0.05, 0.1) is 5.69 Å². The van der Waals surface area contributed by atoms with Crippen molar-refractivity contribution in [3.05, 3.63) is 17.0 Å². The number of amides is 1. The van der Waals surface area contributed by atoms with E-state index in [1.54, 1.807) is 0 Å². The lowest BCUT2D eigenvalue weighted by Gasteiger charge is -2.28. The molecule has 3 N–H and O–H groups in total. The van der Waals surface area contributed by atoms with Gasteiger partial charge in [0.2, 0.25) is 0 Å². The van der Waals surface area contributed by atoms with E-state index in [0.717, 1.165) is 11.4 Å². The Kier molecular flexibility index (Phi) is 5.39. The topological polar surface area (TPSA) is 79.0 Å². The van der Waals surface area contributed by atoms with Gasteiger partial charge in [-0.05, 0) is 48.5 Å². The third kappa shape index (κ3) is 6.16. The summed E-state index contributed by atoms with van der Waals surface area (Å²) in [5.74, 6) is 0. The van der Waals surface area contributed by atoms with Crippen LogP contribution >= 0.6 is 0 Å². The molecular weight excluding hydrogens is 268 g/mol. The van der Waals surface area contributed by atoms with Crippen LogP contribution in [0.5, 0.6) is 0 Å². The minimum atomic E-state index is -0.479. The van der Waals surface area contributed by atoms with Gasteiger partial charge in [-0.1, -0.05) is 0 Å². The lowest BCUT2D eigenvalue weighted by Crippen LogP contribution is -2.49. The van der Waals surface area contributed by atoms with Gasteiger partial charge in [-0.15, -0.1) is 0 Å². The Bertz CT molecular complexity index is 467. The molecule has 1 aromatic heterocycles. The number of nitrogens with one attached hydrogen (secondary N) is 3. The normalized spacial score (nSPS) is 12.3. The molecular formula is C15H28N4O2. The second-order valence-electron chi connectivity index (χ2n) is 7.01. The number of H-pyrrole nitrogens is 1. The van der Waals surface area contributed by atoms with Crippen molar-refractivity contribution >= 4 is 6.09 Å². The number of alkyl carbamates (subject to hydrolysis) is 1. The number of carbonyl (C=O) groups excluding carboxylic acids is 1. The fraction of sp³-hybridized carbons (Fsp3) is 0.733. The van der Waals surface area contributed by atoms with Crippen LogP contribution < -0.4 is 10.6 Å². The molecule has 0 aliphatic carbocycles. The first-order valence-corrected chi connectivity index (χ1v) is 7.22. The first kappa shape index (κ1) is 17.5. The first-order chi connectivity index (χ1) is 9.50. The molecule has 0 aliphatic rings. The van der Waals surface area contributed by atoms with Gasteiger partial charge in [0.25, 0.3) is 0 Å². The fourth-order valence-electron chi connectivity index (χ4n) is 1.83. The van der Waals surface area contributed by atoms with Crippen molar-refractivity contribution in [2.24, 2.45) is 0 Å². The van der Waals surface area contributed by atoms with Crippen LogP contribution in [0.15, 0.2) is 0 Å². The highest BCUT2D eigenvalue weighted by atomic mass is 16.6. The van der Waals surface area contributed by atoms with E-state index >= 15 is 0 Å². The van der Waals surface area contributed by atoms with Crippen LogP contribution in [0.2, 0.25) is 0 Å². The Balaban J connectivity index is 2.45. The molecule has 0 fully saturated rings. The Morgan fingerprint density at radius 3 is 2.33 bits per heavy atom. The van der Waals surface area contributed by atoms with Crippen molar-refractivity contribution in [2.75, 3.05) is 6.54 Å². The molecule has 21 heavy (non-hydrogen) atoms. The van der Waals surface area contributed by atoms with E-state index in [-0.39, 0.29) is 5.54 Å². The predicted octanol–water partition coefficient (Wildman–Crippen LogP) is 2.42. The number of aromatic nitrogens is 2. The third-order valence-corrected chi connectivity index (χ3v) is 3.10. The molecule has 0 unspecified atom stereocenters. The van der Waals surface area contributed by atoms with Crippen molar-refractivity contribution in [2.45, 2.75) is 66.2 Å². The standard InChI is InChI=1S/C15H28N4O2/c1-10-12(11(2)19-18-10)8-17-15(6,7)9-16-13(20)21-14(3,4)5/h17H,8-9H2,1-7H3,(H,16,20)(H,18,19). The summed E-state index contributed by atoms with van der Waals surface area (Å²) < 4.78 is 5.23. The zero-order valence-corrected chi connectivity index (χ0v) is 14.2. The van der Waals surface area contributed by atoms with E-state index in [2.05, 4.69) is 20.8 Å². The molecule has 0 aliphatic heterocycles. The Morgan fingerprint density at radius 2 is 1.86 bits per heavy atom. The summed E-state index contributed by atoms with van der Waals surface area (Å²) in [4.78, 5) is 11.7. The lowest BCUT2D eigenvalue weighted by atomic mass is 10.0. The molecule has 1 aromatic rings. The van der Waals surface area contributed by atoms with Crippen LogP contribution in [0.4, 0.5) is 4.79 Å². The molecule has 0 aromatic carbocycles. The Morgan fingerprint density at radius 1 is 1.24 bits per heavy atom. The van der Waals surface area contributed by atoms with Crippen molar-refractivity contribution in [3.8, 4) is 0 Å². The van der Waals surface area contributed by atoms with Crippen LogP contribution in [-0.4, -0.2) is 34.0 Å². The SMILES string of the molecule is Cc1n[nH]c(C)c1CNC(C)(C)CNC(=O)OC(C)(C)C. The highest BCUT2D eigenvalue weighted by molar-refractivity contribution is 5.67. The van der Waals surface area contributed by atoms with Crippen molar-refractivity contribution in [1.82, 2.24) is 20.8 Å².